The summed E-state index contributed by atoms with van der Waals surface area (Å²) >= 11 is 0. The highest BCUT2D eigenvalue weighted by Crippen LogP contribution is 2.54. The number of benzodiazepines with no additional fused rings is 1. The zero-order chi connectivity index (χ0) is 28.4. The van der Waals surface area contributed by atoms with Crippen molar-refractivity contribution in [1.29, 1.82) is 0 Å². The molecule has 6 rings (SSSR count). The van der Waals surface area contributed by atoms with Gasteiger partial charge in [-0.05, 0) is 45.4 Å². The monoisotopic (exact) mass is 542 g/mol. The van der Waals surface area contributed by atoms with E-state index < -0.39 is 41.0 Å². The van der Waals surface area contributed by atoms with Gasteiger partial charge < -0.3 is 9.64 Å². The number of imide groups is 1. The molecule has 3 heterocycles. The maximum absolute atomic E-state index is 15.1. The third-order valence-electron chi connectivity index (χ3n) is 7.59. The molecule has 1 spiro atoms. The van der Waals surface area contributed by atoms with E-state index >= 15 is 4.39 Å². The second-order valence-corrected chi connectivity index (χ2v) is 11.2. The SMILES string of the molecule is CC(C)(C)OC(=O)NC1N=C(c2ccccc2F)c2ccccc2N(C2CN3C(=O)C4=CC=CCC42C3=O)C1=O. The average Bonchev–Trinajstić information content (AvgIpc) is 3.24. The van der Waals surface area contributed by atoms with Gasteiger partial charge in [-0.1, -0.05) is 48.6 Å². The second-order valence-electron chi connectivity index (χ2n) is 11.2. The molecule has 9 nitrogen and oxygen atoms in total. The van der Waals surface area contributed by atoms with Gasteiger partial charge in [0.05, 0.1) is 24.0 Å². The van der Waals surface area contributed by atoms with Crippen molar-refractivity contribution >= 4 is 35.2 Å². The predicted octanol–water partition coefficient (Wildman–Crippen LogP) is 3.48. The number of hydrogen-bond acceptors (Lipinski definition) is 6. The molecule has 0 saturated carbocycles. The molecule has 0 aromatic heterocycles. The van der Waals surface area contributed by atoms with Gasteiger partial charge in [0, 0.05) is 16.7 Å². The smallest absolute Gasteiger partial charge is 0.409 e. The van der Waals surface area contributed by atoms with E-state index in [0.717, 1.165) is 0 Å². The summed E-state index contributed by atoms with van der Waals surface area (Å²) < 4.78 is 20.6. The number of fused-ring (bicyclic) bond motifs is 2. The standard InChI is InChI=1S/C30H27FN4O5/c1-29(2,3)40-28(39)33-24-26(37)35(22-16-34-25(36)19-12-8-9-15-30(19,22)27(34)38)21-14-7-5-11-18(21)23(32-24)17-10-4-6-13-20(17)31/h4-14,22,24H,15-16H2,1-3H3,(H,33,39). The van der Waals surface area contributed by atoms with E-state index in [0.29, 0.717) is 16.8 Å². The summed E-state index contributed by atoms with van der Waals surface area (Å²) in [6.45, 7) is 5.05. The van der Waals surface area contributed by atoms with Gasteiger partial charge in [0.15, 0.2) is 0 Å². The largest absolute Gasteiger partial charge is 0.444 e. The van der Waals surface area contributed by atoms with Crippen molar-refractivity contribution in [3.63, 3.8) is 0 Å². The molecule has 3 unspecified atom stereocenters. The molecule has 3 atom stereocenters. The Hall–Kier alpha value is -4.60. The minimum absolute atomic E-state index is 0.0168. The lowest BCUT2D eigenvalue weighted by Gasteiger charge is -2.41. The topological polar surface area (TPSA) is 108 Å². The molecule has 2 bridgehead atoms. The van der Waals surface area contributed by atoms with Crippen LogP contribution in [-0.4, -0.2) is 58.8 Å². The Bertz CT molecular complexity index is 1570. The highest BCUT2D eigenvalue weighted by molar-refractivity contribution is 6.23. The lowest BCUT2D eigenvalue weighted by molar-refractivity contribution is -0.137. The fraction of sp³-hybridized carbons (Fsp3) is 0.300. The molecule has 0 radical (unpaired) electrons. The Labute approximate surface area is 230 Å². The van der Waals surface area contributed by atoms with Crippen LogP contribution in [0.15, 0.2) is 77.3 Å². The Kier molecular flexibility index (Phi) is 5.76. The summed E-state index contributed by atoms with van der Waals surface area (Å²) in [7, 11) is 0. The summed E-state index contributed by atoms with van der Waals surface area (Å²) in [6, 6.07) is 12.2. The molecule has 4 amide bonds. The number of alkyl carbamates (subject to hydrolysis) is 1. The van der Waals surface area contributed by atoms with E-state index in [1.165, 1.54) is 15.9 Å². The third kappa shape index (κ3) is 3.77. The number of benzene rings is 2. The summed E-state index contributed by atoms with van der Waals surface area (Å²) in [5, 5.41) is 2.55. The van der Waals surface area contributed by atoms with Gasteiger partial charge in [-0.2, -0.15) is 0 Å². The number of anilines is 1. The summed E-state index contributed by atoms with van der Waals surface area (Å²) in [5.41, 5.74) is -0.650. The maximum atomic E-state index is 15.1. The molecule has 1 aliphatic carbocycles. The molecular formula is C30H27FN4O5. The highest BCUT2D eigenvalue weighted by atomic mass is 19.1. The van der Waals surface area contributed by atoms with Crippen molar-refractivity contribution in [2.75, 3.05) is 11.4 Å². The zero-order valence-corrected chi connectivity index (χ0v) is 22.2. The third-order valence-corrected chi connectivity index (χ3v) is 7.59. The molecule has 2 saturated heterocycles. The molecule has 1 N–H and O–H groups in total. The van der Waals surface area contributed by atoms with E-state index in [9.17, 15) is 19.2 Å². The number of hydrogen-bond donors (Lipinski definition) is 1. The summed E-state index contributed by atoms with van der Waals surface area (Å²) in [5.74, 6) is -1.92. The Morgan fingerprint density at radius 3 is 2.50 bits per heavy atom. The number of carbonyl (C=O) groups is 4. The molecule has 2 aromatic rings. The first-order valence-electron chi connectivity index (χ1n) is 13.0. The van der Waals surface area contributed by atoms with Gasteiger partial charge in [-0.15, -0.1) is 0 Å². The van der Waals surface area contributed by atoms with Crippen LogP contribution in [0.1, 0.15) is 38.3 Å². The van der Waals surface area contributed by atoms with Crippen molar-refractivity contribution in [2.24, 2.45) is 10.4 Å². The van der Waals surface area contributed by atoms with Crippen LogP contribution < -0.4 is 10.2 Å². The Balaban J connectivity index is 1.53. The predicted molar refractivity (Wildman–Crippen MR) is 144 cm³/mol. The van der Waals surface area contributed by atoms with Crippen molar-refractivity contribution in [3.05, 3.63) is 89.3 Å². The van der Waals surface area contributed by atoms with Crippen molar-refractivity contribution in [3.8, 4) is 0 Å². The Morgan fingerprint density at radius 2 is 1.77 bits per heavy atom. The number of para-hydroxylation sites is 1. The van der Waals surface area contributed by atoms with Crippen LogP contribution in [0.25, 0.3) is 0 Å². The van der Waals surface area contributed by atoms with Crippen molar-refractivity contribution < 1.29 is 28.3 Å². The van der Waals surface area contributed by atoms with Gasteiger partial charge in [0.1, 0.15) is 16.8 Å². The van der Waals surface area contributed by atoms with Gasteiger partial charge >= 0.3 is 6.09 Å². The first-order chi connectivity index (χ1) is 19.0. The molecule has 4 aliphatic rings. The van der Waals surface area contributed by atoms with Crippen LogP contribution in [0.4, 0.5) is 14.9 Å². The molecular weight excluding hydrogens is 515 g/mol. The van der Waals surface area contributed by atoms with Crippen LogP contribution in [0.3, 0.4) is 0 Å². The molecule has 204 valence electrons. The zero-order valence-electron chi connectivity index (χ0n) is 22.2. The normalized spacial score (nSPS) is 25.2. The molecule has 2 aromatic carbocycles. The fourth-order valence-electron chi connectivity index (χ4n) is 5.97. The quantitative estimate of drug-likeness (QED) is 0.598. The number of carbonyl (C=O) groups excluding carboxylic acids is 4. The number of allylic oxidation sites excluding steroid dienone is 3. The Morgan fingerprint density at radius 1 is 1.07 bits per heavy atom. The number of ether oxygens (including phenoxy) is 1. The number of piperidine rings is 1. The maximum Gasteiger partial charge on any atom is 0.409 e. The lowest BCUT2D eigenvalue weighted by Crippen LogP contribution is -2.58. The van der Waals surface area contributed by atoms with Crippen LogP contribution >= 0.6 is 0 Å². The average molecular weight is 543 g/mol. The lowest BCUT2D eigenvalue weighted by atomic mass is 9.70. The van der Waals surface area contributed by atoms with E-state index in [-0.39, 0.29) is 36.1 Å². The van der Waals surface area contributed by atoms with Crippen LogP contribution in [-0.2, 0) is 19.1 Å². The number of amides is 4. The molecule has 40 heavy (non-hydrogen) atoms. The molecule has 10 heteroatoms. The number of halogens is 1. The van der Waals surface area contributed by atoms with E-state index in [4.69, 9.17) is 4.74 Å². The van der Waals surface area contributed by atoms with Crippen LogP contribution in [0, 0.1) is 11.2 Å². The van der Waals surface area contributed by atoms with Gasteiger partial charge in [-0.3, -0.25) is 24.6 Å². The number of nitrogens with one attached hydrogen (secondary N) is 1. The van der Waals surface area contributed by atoms with Gasteiger partial charge in [0.2, 0.25) is 12.1 Å². The first kappa shape index (κ1) is 25.7. The van der Waals surface area contributed by atoms with Crippen molar-refractivity contribution in [2.45, 2.75) is 45.0 Å². The molecule has 2 fully saturated rings. The number of rotatable bonds is 3. The highest BCUT2D eigenvalue weighted by Gasteiger charge is 2.68. The number of nitrogens with zero attached hydrogens (tertiary/aromatic N) is 3. The van der Waals surface area contributed by atoms with E-state index in [2.05, 4.69) is 10.3 Å². The minimum atomic E-state index is -1.50. The van der Waals surface area contributed by atoms with E-state index in [1.807, 2.05) is 6.08 Å². The molecule has 3 aliphatic heterocycles. The van der Waals surface area contributed by atoms with Crippen molar-refractivity contribution in [1.82, 2.24) is 10.2 Å². The second kappa shape index (κ2) is 8.97. The van der Waals surface area contributed by atoms with Gasteiger partial charge in [-0.25, -0.2) is 14.2 Å². The number of aliphatic imine (C=N–C) groups is 1. The van der Waals surface area contributed by atoms with Crippen LogP contribution in [0.5, 0.6) is 0 Å². The fourth-order valence-corrected chi connectivity index (χ4v) is 5.97. The first-order valence-corrected chi connectivity index (χ1v) is 13.0. The summed E-state index contributed by atoms with van der Waals surface area (Å²) in [4.78, 5) is 61.1. The van der Waals surface area contributed by atoms with Gasteiger partial charge in [0.25, 0.3) is 11.8 Å². The van der Waals surface area contributed by atoms with Crippen LogP contribution in [0.2, 0.25) is 0 Å². The van der Waals surface area contributed by atoms with E-state index in [1.54, 1.807) is 75.4 Å². The minimum Gasteiger partial charge on any atom is -0.444 e. The summed E-state index contributed by atoms with van der Waals surface area (Å²) in [6.07, 6.45) is 3.02.